The first-order valence-electron chi connectivity index (χ1n) is 4.80. The zero-order chi connectivity index (χ0) is 11.5. The van der Waals surface area contributed by atoms with Crippen LogP contribution < -0.4 is 10.6 Å². The van der Waals surface area contributed by atoms with Crippen LogP contribution in [0.3, 0.4) is 0 Å². The number of benzene rings is 1. The molecule has 84 valence electrons. The van der Waals surface area contributed by atoms with E-state index < -0.39 is 5.67 Å². The molecule has 1 aromatic carbocycles. The standard InChI is InChI=1S/C11H16BrFN2/c1-11(13,7-14)8-15(2)10-5-3-9(12)4-6-10/h3-6H,7-8,14H2,1-2H3. The van der Waals surface area contributed by atoms with Crippen molar-refractivity contribution in [2.24, 2.45) is 5.73 Å². The lowest BCUT2D eigenvalue weighted by Crippen LogP contribution is -2.41. The molecule has 0 aromatic heterocycles. The Hall–Kier alpha value is -0.610. The van der Waals surface area contributed by atoms with Gasteiger partial charge in [-0.3, -0.25) is 0 Å². The van der Waals surface area contributed by atoms with Gasteiger partial charge >= 0.3 is 0 Å². The van der Waals surface area contributed by atoms with Gasteiger partial charge < -0.3 is 10.6 Å². The molecule has 0 aliphatic carbocycles. The number of nitrogens with zero attached hydrogens (tertiary/aromatic N) is 1. The molecule has 0 fully saturated rings. The Bertz CT molecular complexity index is 311. The zero-order valence-corrected chi connectivity index (χ0v) is 10.6. The van der Waals surface area contributed by atoms with E-state index in [0.717, 1.165) is 10.2 Å². The van der Waals surface area contributed by atoms with Crippen LogP contribution in [0.15, 0.2) is 28.7 Å². The van der Waals surface area contributed by atoms with Crippen molar-refractivity contribution in [1.82, 2.24) is 0 Å². The molecule has 0 bridgehead atoms. The summed E-state index contributed by atoms with van der Waals surface area (Å²) in [6.07, 6.45) is 0. The van der Waals surface area contributed by atoms with E-state index in [1.807, 2.05) is 36.2 Å². The van der Waals surface area contributed by atoms with Crippen molar-refractivity contribution in [2.75, 3.05) is 25.0 Å². The van der Waals surface area contributed by atoms with Gasteiger partial charge in [0.2, 0.25) is 0 Å². The van der Waals surface area contributed by atoms with Gasteiger partial charge in [-0.15, -0.1) is 0 Å². The molecule has 0 radical (unpaired) electrons. The van der Waals surface area contributed by atoms with E-state index >= 15 is 0 Å². The maximum absolute atomic E-state index is 13.7. The molecule has 0 spiro atoms. The van der Waals surface area contributed by atoms with Crippen molar-refractivity contribution in [2.45, 2.75) is 12.6 Å². The van der Waals surface area contributed by atoms with Gasteiger partial charge in [-0.2, -0.15) is 0 Å². The highest BCUT2D eigenvalue weighted by molar-refractivity contribution is 9.10. The van der Waals surface area contributed by atoms with Gasteiger partial charge in [0.25, 0.3) is 0 Å². The second-order valence-corrected chi connectivity index (χ2v) is 4.87. The van der Waals surface area contributed by atoms with E-state index in [2.05, 4.69) is 15.9 Å². The fourth-order valence-electron chi connectivity index (χ4n) is 1.35. The average molecular weight is 275 g/mol. The summed E-state index contributed by atoms with van der Waals surface area (Å²) in [5, 5.41) is 0. The smallest absolute Gasteiger partial charge is 0.137 e. The van der Waals surface area contributed by atoms with Crippen LogP contribution in [0, 0.1) is 0 Å². The molecule has 15 heavy (non-hydrogen) atoms. The molecule has 0 amide bonds. The Kier molecular flexibility index (Phi) is 4.11. The molecule has 0 saturated carbocycles. The first-order chi connectivity index (χ1) is 6.94. The third-order valence-corrected chi connectivity index (χ3v) is 2.79. The Labute approximate surface area is 98.4 Å². The zero-order valence-electron chi connectivity index (χ0n) is 9.00. The van der Waals surface area contributed by atoms with Crippen molar-refractivity contribution >= 4 is 21.6 Å². The third-order valence-electron chi connectivity index (χ3n) is 2.26. The molecule has 0 saturated heterocycles. The van der Waals surface area contributed by atoms with Crippen LogP contribution >= 0.6 is 15.9 Å². The highest BCUT2D eigenvalue weighted by Gasteiger charge is 2.23. The molecule has 4 heteroatoms. The largest absolute Gasteiger partial charge is 0.371 e. The van der Waals surface area contributed by atoms with Gasteiger partial charge in [-0.05, 0) is 31.2 Å². The van der Waals surface area contributed by atoms with Gasteiger partial charge in [0.15, 0.2) is 0 Å². The molecule has 1 aromatic rings. The van der Waals surface area contributed by atoms with Crippen LogP contribution in [0.4, 0.5) is 10.1 Å². The van der Waals surface area contributed by atoms with Crippen molar-refractivity contribution in [3.05, 3.63) is 28.7 Å². The number of alkyl halides is 1. The molecule has 1 rings (SSSR count). The quantitative estimate of drug-likeness (QED) is 0.915. The van der Waals surface area contributed by atoms with E-state index in [-0.39, 0.29) is 6.54 Å². The van der Waals surface area contributed by atoms with Crippen molar-refractivity contribution in [3.8, 4) is 0 Å². The lowest BCUT2D eigenvalue weighted by atomic mass is 10.1. The monoisotopic (exact) mass is 274 g/mol. The van der Waals surface area contributed by atoms with Gasteiger partial charge in [0.05, 0.1) is 6.54 Å². The summed E-state index contributed by atoms with van der Waals surface area (Å²) in [5.41, 5.74) is 4.98. The SMILES string of the molecule is CN(CC(C)(F)CN)c1ccc(Br)cc1. The summed E-state index contributed by atoms with van der Waals surface area (Å²) in [6, 6.07) is 7.75. The van der Waals surface area contributed by atoms with E-state index in [0.29, 0.717) is 6.54 Å². The van der Waals surface area contributed by atoms with E-state index in [1.165, 1.54) is 6.92 Å². The van der Waals surface area contributed by atoms with Crippen LogP contribution in [-0.4, -0.2) is 25.8 Å². The fraction of sp³-hybridized carbons (Fsp3) is 0.455. The minimum atomic E-state index is -1.35. The van der Waals surface area contributed by atoms with E-state index in [4.69, 9.17) is 5.73 Å². The third kappa shape index (κ3) is 3.80. The maximum Gasteiger partial charge on any atom is 0.137 e. The highest BCUT2D eigenvalue weighted by Crippen LogP contribution is 2.20. The number of nitrogens with two attached hydrogens (primary N) is 1. The molecule has 0 heterocycles. The summed E-state index contributed by atoms with van der Waals surface area (Å²) >= 11 is 3.36. The van der Waals surface area contributed by atoms with Gasteiger partial charge in [0, 0.05) is 23.8 Å². The van der Waals surface area contributed by atoms with E-state index in [9.17, 15) is 4.39 Å². The number of anilines is 1. The Morgan fingerprint density at radius 3 is 2.40 bits per heavy atom. The molecular weight excluding hydrogens is 259 g/mol. The minimum Gasteiger partial charge on any atom is -0.371 e. The molecule has 0 aliphatic rings. The first kappa shape index (κ1) is 12.5. The van der Waals surface area contributed by atoms with Crippen LogP contribution in [-0.2, 0) is 0 Å². The average Bonchev–Trinajstić information content (AvgIpc) is 2.18. The highest BCUT2D eigenvalue weighted by atomic mass is 79.9. The fourth-order valence-corrected chi connectivity index (χ4v) is 1.61. The normalized spacial score (nSPS) is 14.7. The number of hydrogen-bond donors (Lipinski definition) is 1. The topological polar surface area (TPSA) is 29.3 Å². The van der Waals surface area contributed by atoms with E-state index in [1.54, 1.807) is 0 Å². The number of halogens is 2. The second-order valence-electron chi connectivity index (χ2n) is 3.95. The Balaban J connectivity index is 2.69. The predicted octanol–water partition coefficient (Wildman–Crippen LogP) is 2.57. The summed E-state index contributed by atoms with van der Waals surface area (Å²) in [4.78, 5) is 1.86. The van der Waals surface area contributed by atoms with Crippen LogP contribution in [0.25, 0.3) is 0 Å². The van der Waals surface area contributed by atoms with Crippen molar-refractivity contribution in [3.63, 3.8) is 0 Å². The van der Waals surface area contributed by atoms with Gasteiger partial charge in [-0.25, -0.2) is 4.39 Å². The first-order valence-corrected chi connectivity index (χ1v) is 5.59. The predicted molar refractivity (Wildman–Crippen MR) is 66.0 cm³/mol. The minimum absolute atomic E-state index is 0.0356. The van der Waals surface area contributed by atoms with Crippen molar-refractivity contribution < 1.29 is 4.39 Å². The van der Waals surface area contributed by atoms with Crippen LogP contribution in [0.1, 0.15) is 6.92 Å². The van der Waals surface area contributed by atoms with Crippen molar-refractivity contribution in [1.29, 1.82) is 0 Å². The Morgan fingerprint density at radius 2 is 1.93 bits per heavy atom. The summed E-state index contributed by atoms with van der Waals surface area (Å²) in [7, 11) is 1.86. The van der Waals surface area contributed by atoms with Crippen LogP contribution in [0.5, 0.6) is 0 Å². The summed E-state index contributed by atoms with van der Waals surface area (Å²) < 4.78 is 14.7. The number of rotatable bonds is 4. The molecule has 1 atom stereocenters. The van der Waals surface area contributed by atoms with Crippen LogP contribution in [0.2, 0.25) is 0 Å². The lowest BCUT2D eigenvalue weighted by molar-refractivity contribution is 0.208. The molecule has 2 N–H and O–H groups in total. The summed E-state index contributed by atoms with van der Waals surface area (Å²) in [6.45, 7) is 1.85. The molecule has 0 aliphatic heterocycles. The van der Waals surface area contributed by atoms with Gasteiger partial charge in [-0.1, -0.05) is 15.9 Å². The molecule has 2 nitrogen and oxygen atoms in total. The lowest BCUT2D eigenvalue weighted by Gasteiger charge is -2.27. The molecule has 1 unspecified atom stereocenters. The van der Waals surface area contributed by atoms with Gasteiger partial charge in [0.1, 0.15) is 5.67 Å². The second kappa shape index (κ2) is 4.94. The molecular formula is C11H16BrFN2. The Morgan fingerprint density at radius 1 is 1.40 bits per heavy atom. The maximum atomic E-state index is 13.7. The number of hydrogen-bond acceptors (Lipinski definition) is 2. The summed E-state index contributed by atoms with van der Waals surface area (Å²) in [5.74, 6) is 0.